The van der Waals surface area contributed by atoms with Crippen molar-refractivity contribution in [2.24, 2.45) is 5.73 Å². The molecule has 1 fully saturated rings. The average Bonchev–Trinajstić information content (AvgIpc) is 2.24. The van der Waals surface area contributed by atoms with E-state index in [1.165, 1.54) is 0 Å². The van der Waals surface area contributed by atoms with Gasteiger partial charge in [0.15, 0.2) is 0 Å². The van der Waals surface area contributed by atoms with E-state index in [0.717, 1.165) is 12.8 Å². The van der Waals surface area contributed by atoms with Crippen LogP contribution in [0.1, 0.15) is 40.5 Å². The molecule has 106 valence electrons. The van der Waals surface area contributed by atoms with Crippen LogP contribution in [0.25, 0.3) is 0 Å². The molecule has 1 saturated heterocycles. The Morgan fingerprint density at radius 1 is 1.56 bits per heavy atom. The summed E-state index contributed by atoms with van der Waals surface area (Å²) in [5.41, 5.74) is 5.30. The quantitative estimate of drug-likeness (QED) is 0.837. The summed E-state index contributed by atoms with van der Waals surface area (Å²) in [5, 5.41) is 0. The number of carbonyl (C=O) groups is 1. The van der Waals surface area contributed by atoms with Crippen molar-refractivity contribution >= 4 is 6.09 Å². The molecule has 5 heteroatoms. The van der Waals surface area contributed by atoms with Gasteiger partial charge in [0.1, 0.15) is 5.60 Å². The first-order chi connectivity index (χ1) is 8.29. The van der Waals surface area contributed by atoms with Crippen LogP contribution in [0.3, 0.4) is 0 Å². The molecule has 1 heterocycles. The second-order valence-corrected chi connectivity index (χ2v) is 5.96. The van der Waals surface area contributed by atoms with Crippen LogP contribution >= 0.6 is 0 Å². The Bertz CT molecular complexity index is 274. The van der Waals surface area contributed by atoms with Gasteiger partial charge in [-0.25, -0.2) is 4.79 Å². The lowest BCUT2D eigenvalue weighted by atomic mass is 10.1. The maximum atomic E-state index is 12.1. The van der Waals surface area contributed by atoms with E-state index >= 15 is 0 Å². The second-order valence-electron chi connectivity index (χ2n) is 5.96. The summed E-state index contributed by atoms with van der Waals surface area (Å²) in [4.78, 5) is 13.9. The number of nitrogens with two attached hydrogens (primary N) is 1. The summed E-state index contributed by atoms with van der Waals surface area (Å²) in [6, 6.07) is 0.229. The smallest absolute Gasteiger partial charge is 0.410 e. The molecular weight excluding hydrogens is 232 g/mol. The molecule has 0 saturated carbocycles. The first-order valence-corrected chi connectivity index (χ1v) is 6.62. The molecule has 0 aromatic carbocycles. The molecule has 2 N–H and O–H groups in total. The summed E-state index contributed by atoms with van der Waals surface area (Å²) in [7, 11) is 0. The Hall–Kier alpha value is -0.810. The van der Waals surface area contributed by atoms with Gasteiger partial charge in [-0.05, 0) is 40.5 Å². The van der Waals surface area contributed by atoms with Crippen LogP contribution in [0.5, 0.6) is 0 Å². The number of carbonyl (C=O) groups excluding carboxylic acids is 1. The van der Waals surface area contributed by atoms with Crippen molar-refractivity contribution in [2.75, 3.05) is 19.8 Å². The van der Waals surface area contributed by atoms with Crippen LogP contribution in [0.2, 0.25) is 0 Å². The molecule has 0 bridgehead atoms. The Balaban J connectivity index is 2.55. The molecule has 18 heavy (non-hydrogen) atoms. The lowest BCUT2D eigenvalue weighted by Crippen LogP contribution is -2.50. The van der Waals surface area contributed by atoms with Crippen LogP contribution in [-0.4, -0.2) is 48.4 Å². The second kappa shape index (κ2) is 6.38. The predicted octanol–water partition coefficient (Wildman–Crippen LogP) is 1.75. The van der Waals surface area contributed by atoms with Gasteiger partial charge in [0, 0.05) is 12.6 Å². The molecule has 0 radical (unpaired) electrons. The van der Waals surface area contributed by atoms with Gasteiger partial charge in [-0.2, -0.15) is 0 Å². The zero-order valence-corrected chi connectivity index (χ0v) is 11.9. The van der Waals surface area contributed by atoms with E-state index in [1.54, 1.807) is 4.90 Å². The number of nitrogens with zero attached hydrogens (tertiary/aromatic N) is 1. The van der Waals surface area contributed by atoms with E-state index in [2.05, 4.69) is 0 Å². The van der Waals surface area contributed by atoms with Gasteiger partial charge < -0.3 is 20.1 Å². The number of rotatable bonds is 3. The van der Waals surface area contributed by atoms with Gasteiger partial charge >= 0.3 is 6.09 Å². The molecule has 0 aromatic heterocycles. The fourth-order valence-corrected chi connectivity index (χ4v) is 1.91. The Morgan fingerprint density at radius 3 is 2.78 bits per heavy atom. The van der Waals surface area contributed by atoms with E-state index in [0.29, 0.717) is 19.8 Å². The van der Waals surface area contributed by atoms with Gasteiger partial charge in [0.25, 0.3) is 0 Å². The fraction of sp³-hybridized carbons (Fsp3) is 0.923. The van der Waals surface area contributed by atoms with Gasteiger partial charge in [0.2, 0.25) is 0 Å². The minimum Gasteiger partial charge on any atom is -0.444 e. The summed E-state index contributed by atoms with van der Waals surface area (Å²) >= 11 is 0. The number of ether oxygens (including phenoxy) is 2. The summed E-state index contributed by atoms with van der Waals surface area (Å²) in [5.74, 6) is 0. The number of morpholine rings is 1. The molecule has 1 aliphatic rings. The van der Waals surface area contributed by atoms with Crippen LogP contribution in [0, 0.1) is 0 Å². The van der Waals surface area contributed by atoms with Gasteiger partial charge in [-0.3, -0.25) is 0 Å². The third-order valence-corrected chi connectivity index (χ3v) is 2.81. The average molecular weight is 258 g/mol. The molecule has 1 rings (SSSR count). The largest absolute Gasteiger partial charge is 0.444 e. The van der Waals surface area contributed by atoms with Gasteiger partial charge in [-0.15, -0.1) is 0 Å². The van der Waals surface area contributed by atoms with Crippen LogP contribution in [0.15, 0.2) is 0 Å². The normalized spacial score (nSPS) is 22.7. The molecular formula is C13H26N2O3. The lowest BCUT2D eigenvalue weighted by Gasteiger charge is -2.36. The third kappa shape index (κ3) is 5.23. The lowest BCUT2D eigenvalue weighted by molar-refractivity contribution is -0.0345. The molecule has 5 nitrogen and oxygen atoms in total. The van der Waals surface area contributed by atoms with Gasteiger partial charge in [0.05, 0.1) is 19.3 Å². The highest BCUT2D eigenvalue weighted by molar-refractivity contribution is 5.68. The minimum absolute atomic E-state index is 0.0830. The predicted molar refractivity (Wildman–Crippen MR) is 70.4 cm³/mol. The molecule has 1 aliphatic heterocycles. The number of hydrogen-bond donors (Lipinski definition) is 1. The number of hydrogen-bond acceptors (Lipinski definition) is 4. The number of amides is 1. The van der Waals surface area contributed by atoms with Crippen LogP contribution in [0.4, 0.5) is 4.79 Å². The minimum atomic E-state index is -0.457. The van der Waals surface area contributed by atoms with Crippen LogP contribution in [-0.2, 0) is 9.47 Å². The Labute approximate surface area is 110 Å². The molecule has 0 aliphatic carbocycles. The van der Waals surface area contributed by atoms with Gasteiger partial charge in [-0.1, -0.05) is 0 Å². The van der Waals surface area contributed by atoms with Crippen molar-refractivity contribution in [1.29, 1.82) is 0 Å². The van der Waals surface area contributed by atoms with E-state index in [-0.39, 0.29) is 18.2 Å². The molecule has 2 atom stereocenters. The Morgan fingerprint density at radius 2 is 2.22 bits per heavy atom. The highest BCUT2D eigenvalue weighted by Crippen LogP contribution is 2.17. The van der Waals surface area contributed by atoms with E-state index in [4.69, 9.17) is 15.2 Å². The van der Waals surface area contributed by atoms with Crippen LogP contribution < -0.4 is 5.73 Å². The molecule has 0 aromatic rings. The SMILES string of the molecule is C[C@@H](N)CCC1COCCN1C(=O)OC(C)(C)C. The monoisotopic (exact) mass is 258 g/mol. The zero-order valence-electron chi connectivity index (χ0n) is 11.9. The Kier molecular flexibility index (Phi) is 5.41. The van der Waals surface area contributed by atoms with E-state index < -0.39 is 5.60 Å². The van der Waals surface area contributed by atoms with Crippen molar-refractivity contribution < 1.29 is 14.3 Å². The third-order valence-electron chi connectivity index (χ3n) is 2.81. The van der Waals surface area contributed by atoms with Crippen molar-refractivity contribution in [3.63, 3.8) is 0 Å². The summed E-state index contributed by atoms with van der Waals surface area (Å²) in [6.45, 7) is 9.35. The molecule has 0 spiro atoms. The van der Waals surface area contributed by atoms with Crippen molar-refractivity contribution in [2.45, 2.75) is 58.2 Å². The molecule has 1 amide bonds. The topological polar surface area (TPSA) is 64.8 Å². The van der Waals surface area contributed by atoms with E-state index in [1.807, 2.05) is 27.7 Å². The maximum absolute atomic E-state index is 12.1. The van der Waals surface area contributed by atoms with E-state index in [9.17, 15) is 4.79 Å². The summed E-state index contributed by atoms with van der Waals surface area (Å²) < 4.78 is 10.8. The first-order valence-electron chi connectivity index (χ1n) is 6.62. The zero-order chi connectivity index (χ0) is 13.8. The standard InChI is InChI=1S/C13H26N2O3/c1-10(14)5-6-11-9-17-8-7-15(11)12(16)18-13(2,3)4/h10-11H,5-9,14H2,1-4H3/t10-,11?/m1/s1. The van der Waals surface area contributed by atoms with Crippen molar-refractivity contribution in [3.8, 4) is 0 Å². The van der Waals surface area contributed by atoms with Crippen molar-refractivity contribution in [1.82, 2.24) is 4.90 Å². The fourth-order valence-electron chi connectivity index (χ4n) is 1.91. The molecule has 1 unspecified atom stereocenters. The highest BCUT2D eigenvalue weighted by atomic mass is 16.6. The highest BCUT2D eigenvalue weighted by Gasteiger charge is 2.30. The first kappa shape index (κ1) is 15.2. The maximum Gasteiger partial charge on any atom is 0.410 e. The summed E-state index contributed by atoms with van der Waals surface area (Å²) in [6.07, 6.45) is 1.49. The van der Waals surface area contributed by atoms with Crippen molar-refractivity contribution in [3.05, 3.63) is 0 Å².